The van der Waals surface area contributed by atoms with Crippen LogP contribution in [0.1, 0.15) is 15.9 Å². The summed E-state index contributed by atoms with van der Waals surface area (Å²) in [5.41, 5.74) is 4.22. The Bertz CT molecular complexity index is 772. The zero-order chi connectivity index (χ0) is 16.5. The van der Waals surface area contributed by atoms with Crippen molar-refractivity contribution >= 4 is 33.2 Å². The monoisotopic (exact) mass is 386 g/mol. The molecule has 0 spiro atoms. The van der Waals surface area contributed by atoms with Crippen molar-refractivity contribution in [3.8, 4) is 0 Å². The highest BCUT2D eigenvalue weighted by atomic mass is 79.9. The molecule has 0 aromatic heterocycles. The zero-order valence-corrected chi connectivity index (χ0v) is 15.0. The number of halogens is 1. The van der Waals surface area contributed by atoms with Crippen LogP contribution >= 0.6 is 15.9 Å². The fourth-order valence-corrected chi connectivity index (χ4v) is 3.85. The number of rotatable bonds is 2. The van der Waals surface area contributed by atoms with Crippen molar-refractivity contribution in [1.29, 1.82) is 0 Å². The van der Waals surface area contributed by atoms with Crippen molar-refractivity contribution in [2.45, 2.75) is 6.42 Å². The van der Waals surface area contributed by atoms with Gasteiger partial charge in [0.05, 0.1) is 18.8 Å². The number of ether oxygens (including phenoxy) is 1. The van der Waals surface area contributed by atoms with Gasteiger partial charge in [0.15, 0.2) is 0 Å². The van der Waals surface area contributed by atoms with E-state index in [-0.39, 0.29) is 5.91 Å². The number of hydrogen-bond donors (Lipinski definition) is 0. The van der Waals surface area contributed by atoms with Crippen LogP contribution in [0.25, 0.3) is 0 Å². The highest BCUT2D eigenvalue weighted by Gasteiger charge is 2.27. The minimum absolute atomic E-state index is 0.0559. The first-order chi connectivity index (χ1) is 11.7. The Balaban J connectivity index is 1.60. The summed E-state index contributed by atoms with van der Waals surface area (Å²) in [5.74, 6) is 0.0559. The highest BCUT2D eigenvalue weighted by molar-refractivity contribution is 9.10. The SMILES string of the molecule is O=C(c1ccccc1Br)N1CCc2cc(N3CCOCC3)ccc21. The Kier molecular flexibility index (Phi) is 4.29. The molecule has 1 fully saturated rings. The average Bonchev–Trinajstić information content (AvgIpc) is 3.05. The van der Waals surface area contributed by atoms with Gasteiger partial charge < -0.3 is 14.5 Å². The van der Waals surface area contributed by atoms with E-state index in [4.69, 9.17) is 4.74 Å². The van der Waals surface area contributed by atoms with E-state index in [1.165, 1.54) is 11.3 Å². The standard InChI is InChI=1S/C19H19BrN2O2/c20-17-4-2-1-3-16(17)19(23)22-8-7-14-13-15(5-6-18(14)22)21-9-11-24-12-10-21/h1-6,13H,7-12H2. The molecule has 0 N–H and O–H groups in total. The molecule has 4 rings (SSSR count). The molecule has 0 aliphatic carbocycles. The summed E-state index contributed by atoms with van der Waals surface area (Å²) in [6.07, 6.45) is 0.906. The number of fused-ring (bicyclic) bond motifs is 1. The van der Waals surface area contributed by atoms with Gasteiger partial charge in [0, 0.05) is 35.5 Å². The molecule has 2 aromatic rings. The van der Waals surface area contributed by atoms with Crippen molar-refractivity contribution in [2.75, 3.05) is 42.6 Å². The summed E-state index contributed by atoms with van der Waals surface area (Å²) < 4.78 is 6.26. The van der Waals surface area contributed by atoms with Gasteiger partial charge in [0.2, 0.25) is 0 Å². The van der Waals surface area contributed by atoms with E-state index in [9.17, 15) is 4.79 Å². The van der Waals surface area contributed by atoms with Crippen LogP contribution in [0.2, 0.25) is 0 Å². The second kappa shape index (κ2) is 6.57. The molecule has 0 saturated carbocycles. The second-order valence-electron chi connectivity index (χ2n) is 6.10. The quantitative estimate of drug-likeness (QED) is 0.791. The lowest BCUT2D eigenvalue weighted by molar-refractivity contribution is 0.0988. The molecule has 0 bridgehead atoms. The molecular formula is C19H19BrN2O2. The van der Waals surface area contributed by atoms with Gasteiger partial charge in [0.25, 0.3) is 5.91 Å². The van der Waals surface area contributed by atoms with Crippen LogP contribution in [0.4, 0.5) is 11.4 Å². The predicted molar refractivity (Wildman–Crippen MR) is 99.0 cm³/mol. The third-order valence-corrected chi connectivity index (χ3v) is 5.38. The van der Waals surface area contributed by atoms with Gasteiger partial charge in [-0.05, 0) is 58.2 Å². The molecule has 24 heavy (non-hydrogen) atoms. The van der Waals surface area contributed by atoms with Crippen molar-refractivity contribution in [2.24, 2.45) is 0 Å². The van der Waals surface area contributed by atoms with E-state index >= 15 is 0 Å². The van der Waals surface area contributed by atoms with Crippen LogP contribution < -0.4 is 9.80 Å². The molecule has 2 heterocycles. The minimum atomic E-state index is 0.0559. The summed E-state index contributed by atoms with van der Waals surface area (Å²) in [6.45, 7) is 4.16. The maximum absolute atomic E-state index is 12.9. The molecule has 4 nitrogen and oxygen atoms in total. The number of carbonyl (C=O) groups is 1. The lowest BCUT2D eigenvalue weighted by Gasteiger charge is -2.29. The lowest BCUT2D eigenvalue weighted by Crippen LogP contribution is -2.36. The van der Waals surface area contributed by atoms with E-state index < -0.39 is 0 Å². The third-order valence-electron chi connectivity index (χ3n) is 4.68. The molecule has 124 valence electrons. The van der Waals surface area contributed by atoms with E-state index in [1.54, 1.807) is 0 Å². The minimum Gasteiger partial charge on any atom is -0.378 e. The molecule has 2 aliphatic rings. The third kappa shape index (κ3) is 2.82. The molecule has 0 unspecified atom stereocenters. The largest absolute Gasteiger partial charge is 0.378 e. The molecular weight excluding hydrogens is 368 g/mol. The highest BCUT2D eigenvalue weighted by Crippen LogP contribution is 2.33. The molecule has 1 saturated heterocycles. The van der Waals surface area contributed by atoms with Crippen LogP contribution in [0.15, 0.2) is 46.9 Å². The summed E-state index contributed by atoms with van der Waals surface area (Å²) in [5, 5.41) is 0. The van der Waals surface area contributed by atoms with E-state index in [2.05, 4.69) is 39.0 Å². The summed E-state index contributed by atoms with van der Waals surface area (Å²) in [4.78, 5) is 17.1. The van der Waals surface area contributed by atoms with Crippen molar-refractivity contribution in [3.63, 3.8) is 0 Å². The first-order valence-corrected chi connectivity index (χ1v) is 9.05. The first kappa shape index (κ1) is 15.7. The number of morpholine rings is 1. The van der Waals surface area contributed by atoms with Gasteiger partial charge in [-0.1, -0.05) is 12.1 Å². The van der Waals surface area contributed by atoms with Crippen LogP contribution in [0.5, 0.6) is 0 Å². The topological polar surface area (TPSA) is 32.8 Å². The van der Waals surface area contributed by atoms with Crippen molar-refractivity contribution < 1.29 is 9.53 Å². The predicted octanol–water partition coefficient (Wildman–Crippen LogP) is 3.49. The Morgan fingerprint density at radius 2 is 1.83 bits per heavy atom. The van der Waals surface area contributed by atoms with Crippen LogP contribution in [-0.4, -0.2) is 38.8 Å². The molecule has 0 atom stereocenters. The smallest absolute Gasteiger partial charge is 0.259 e. The average molecular weight is 387 g/mol. The van der Waals surface area contributed by atoms with Crippen molar-refractivity contribution in [1.82, 2.24) is 0 Å². The van der Waals surface area contributed by atoms with E-state index in [1.807, 2.05) is 29.2 Å². The zero-order valence-electron chi connectivity index (χ0n) is 13.4. The van der Waals surface area contributed by atoms with E-state index in [0.717, 1.165) is 49.4 Å². The molecule has 5 heteroatoms. The Hall–Kier alpha value is -1.85. The van der Waals surface area contributed by atoms with Gasteiger partial charge in [-0.25, -0.2) is 0 Å². The summed E-state index contributed by atoms with van der Waals surface area (Å²) >= 11 is 3.48. The number of carbonyl (C=O) groups excluding carboxylic acids is 1. The fourth-order valence-electron chi connectivity index (χ4n) is 3.40. The Morgan fingerprint density at radius 1 is 1.04 bits per heavy atom. The van der Waals surface area contributed by atoms with Gasteiger partial charge in [-0.3, -0.25) is 4.79 Å². The number of benzene rings is 2. The van der Waals surface area contributed by atoms with E-state index in [0.29, 0.717) is 5.56 Å². The van der Waals surface area contributed by atoms with Gasteiger partial charge >= 0.3 is 0 Å². The molecule has 0 radical (unpaired) electrons. The number of nitrogens with zero attached hydrogens (tertiary/aromatic N) is 2. The van der Waals surface area contributed by atoms with Gasteiger partial charge in [0.1, 0.15) is 0 Å². The number of hydrogen-bond acceptors (Lipinski definition) is 3. The number of amides is 1. The Labute approximate surface area is 150 Å². The first-order valence-electron chi connectivity index (χ1n) is 8.26. The summed E-state index contributed by atoms with van der Waals surface area (Å²) in [6, 6.07) is 14.0. The Morgan fingerprint density at radius 3 is 2.62 bits per heavy atom. The van der Waals surface area contributed by atoms with Gasteiger partial charge in [-0.15, -0.1) is 0 Å². The van der Waals surface area contributed by atoms with Crippen LogP contribution in [-0.2, 0) is 11.2 Å². The van der Waals surface area contributed by atoms with Crippen molar-refractivity contribution in [3.05, 3.63) is 58.1 Å². The molecule has 1 amide bonds. The van der Waals surface area contributed by atoms with Crippen LogP contribution in [0.3, 0.4) is 0 Å². The fraction of sp³-hybridized carbons (Fsp3) is 0.316. The summed E-state index contributed by atoms with van der Waals surface area (Å²) in [7, 11) is 0. The maximum Gasteiger partial charge on any atom is 0.259 e. The molecule has 2 aliphatic heterocycles. The molecule has 2 aromatic carbocycles. The normalized spacial score (nSPS) is 17.0. The lowest BCUT2D eigenvalue weighted by atomic mass is 10.1. The number of anilines is 2. The second-order valence-corrected chi connectivity index (χ2v) is 6.95. The van der Waals surface area contributed by atoms with Gasteiger partial charge in [-0.2, -0.15) is 0 Å². The van der Waals surface area contributed by atoms with Crippen LogP contribution in [0, 0.1) is 0 Å². The maximum atomic E-state index is 12.9.